The van der Waals surface area contributed by atoms with E-state index in [2.05, 4.69) is 30.5 Å². The molecule has 250 valence electrons. The second-order valence-corrected chi connectivity index (χ2v) is 14.6. The van der Waals surface area contributed by atoms with E-state index in [0.717, 1.165) is 5.56 Å². The van der Waals surface area contributed by atoms with Crippen LogP contribution in [0.1, 0.15) is 45.9 Å². The van der Waals surface area contributed by atoms with Gasteiger partial charge in [0.15, 0.2) is 17.4 Å². The smallest absolute Gasteiger partial charge is 0.263 e. The monoisotopic (exact) mass is 676 g/mol. The fourth-order valence-electron chi connectivity index (χ4n) is 4.91. The van der Waals surface area contributed by atoms with Gasteiger partial charge in [-0.15, -0.1) is 0 Å². The van der Waals surface area contributed by atoms with Crippen LogP contribution in [-0.2, 0) is 41.0 Å². The predicted octanol–water partition coefficient (Wildman–Crippen LogP) is 5.53. The third kappa shape index (κ3) is 8.38. The second-order valence-electron chi connectivity index (χ2n) is 12.5. The van der Waals surface area contributed by atoms with Gasteiger partial charge in [-0.2, -0.15) is 4.98 Å². The molecule has 0 amide bonds. The molecule has 5 rings (SSSR count). The van der Waals surface area contributed by atoms with Gasteiger partial charge in [-0.1, -0.05) is 44.5 Å². The third-order valence-corrected chi connectivity index (χ3v) is 9.11. The summed E-state index contributed by atoms with van der Waals surface area (Å²) in [5.74, 6) is 0.259. The summed E-state index contributed by atoms with van der Waals surface area (Å²) in [5.41, 5.74) is 1.15. The van der Waals surface area contributed by atoms with Gasteiger partial charge in [-0.25, -0.2) is 13.4 Å². The van der Waals surface area contributed by atoms with Crippen molar-refractivity contribution in [3.63, 3.8) is 0 Å². The SMILES string of the molecule is COc1ccc(Cl)c(Oc2c(COC[C@@H]3COC(C)(C)O3)nc(N3CCOCC3)nc2NS(=O)(=O)c2ccc(C(C)(C)C)cc2)c1. The van der Waals surface area contributed by atoms with Crippen molar-refractivity contribution in [1.82, 2.24) is 9.97 Å². The first-order valence-corrected chi connectivity index (χ1v) is 16.9. The summed E-state index contributed by atoms with van der Waals surface area (Å²) in [4.78, 5) is 11.4. The highest BCUT2D eigenvalue weighted by Crippen LogP contribution is 2.39. The number of sulfonamides is 1. The maximum Gasteiger partial charge on any atom is 0.263 e. The van der Waals surface area contributed by atoms with E-state index in [4.69, 9.17) is 45.0 Å². The standard InChI is InChI=1S/C32H41ClN4O8S/c1-31(2,3)21-7-10-24(11-8-21)46(38,39)36-29-28(44-27-17-22(40-6)9-12-25(27)33)26(20-42-18-23-19-43-32(4,5)45-23)34-30(35-29)37-13-15-41-16-14-37/h7-12,17,23H,13-16,18-20H2,1-6H3,(H,34,35,36)/t23-/m1/s1. The summed E-state index contributed by atoms with van der Waals surface area (Å²) in [7, 11) is -2.60. The van der Waals surface area contributed by atoms with Crippen LogP contribution in [0.4, 0.5) is 11.8 Å². The number of nitrogens with one attached hydrogen (secondary N) is 1. The number of methoxy groups -OCH3 is 1. The molecule has 2 fully saturated rings. The summed E-state index contributed by atoms with van der Waals surface area (Å²) in [5, 5.41) is 0.273. The lowest BCUT2D eigenvalue weighted by molar-refractivity contribution is -0.145. The average molecular weight is 677 g/mol. The molecule has 1 N–H and O–H groups in total. The van der Waals surface area contributed by atoms with Crippen molar-refractivity contribution in [3.05, 3.63) is 58.7 Å². The number of hydrogen-bond acceptors (Lipinski definition) is 11. The van der Waals surface area contributed by atoms with Crippen molar-refractivity contribution in [3.8, 4) is 17.2 Å². The van der Waals surface area contributed by atoms with Gasteiger partial charge >= 0.3 is 0 Å². The van der Waals surface area contributed by atoms with Gasteiger partial charge in [0.25, 0.3) is 10.0 Å². The molecule has 0 radical (unpaired) electrons. The van der Waals surface area contributed by atoms with E-state index >= 15 is 0 Å². The minimum absolute atomic E-state index is 0.0333. The van der Waals surface area contributed by atoms with E-state index in [1.165, 1.54) is 7.11 Å². The summed E-state index contributed by atoms with van der Waals surface area (Å²) < 4.78 is 65.1. The zero-order valence-corrected chi connectivity index (χ0v) is 28.5. The Hall–Kier alpha value is -3.20. The van der Waals surface area contributed by atoms with E-state index in [1.807, 2.05) is 18.7 Å². The fourth-order valence-corrected chi connectivity index (χ4v) is 6.08. The number of nitrogens with zero attached hydrogens (tertiary/aromatic N) is 3. The molecule has 0 bridgehead atoms. The Morgan fingerprint density at radius 2 is 1.80 bits per heavy atom. The highest BCUT2D eigenvalue weighted by molar-refractivity contribution is 7.92. The van der Waals surface area contributed by atoms with Gasteiger partial charge in [-0.05, 0) is 49.1 Å². The van der Waals surface area contributed by atoms with E-state index in [-0.39, 0.29) is 52.0 Å². The molecule has 1 atom stereocenters. The highest BCUT2D eigenvalue weighted by atomic mass is 35.5. The van der Waals surface area contributed by atoms with Crippen LogP contribution in [0.5, 0.6) is 17.2 Å². The molecule has 2 aliphatic heterocycles. The van der Waals surface area contributed by atoms with Crippen LogP contribution in [0.25, 0.3) is 0 Å². The Bertz CT molecular complexity index is 1620. The average Bonchev–Trinajstić information content (AvgIpc) is 3.37. The van der Waals surface area contributed by atoms with Crippen LogP contribution < -0.4 is 19.1 Å². The zero-order chi connectivity index (χ0) is 33.1. The van der Waals surface area contributed by atoms with Gasteiger partial charge in [0, 0.05) is 19.2 Å². The van der Waals surface area contributed by atoms with E-state index in [1.54, 1.807) is 42.5 Å². The Kier molecular flexibility index (Phi) is 10.3. The van der Waals surface area contributed by atoms with Crippen molar-refractivity contribution in [1.29, 1.82) is 0 Å². The van der Waals surface area contributed by atoms with E-state index in [9.17, 15) is 8.42 Å². The molecule has 0 spiro atoms. The summed E-state index contributed by atoms with van der Waals surface area (Å²) in [6.07, 6.45) is -0.290. The molecule has 12 nitrogen and oxygen atoms in total. The highest BCUT2D eigenvalue weighted by Gasteiger charge is 2.33. The Labute approximate surface area is 275 Å². The van der Waals surface area contributed by atoms with Crippen molar-refractivity contribution in [2.75, 3.05) is 56.2 Å². The van der Waals surface area contributed by atoms with Gasteiger partial charge in [0.1, 0.15) is 23.3 Å². The number of ether oxygens (including phenoxy) is 6. The number of hydrogen-bond donors (Lipinski definition) is 1. The minimum atomic E-state index is -4.12. The summed E-state index contributed by atoms with van der Waals surface area (Å²) in [6.45, 7) is 12.4. The number of aromatic nitrogens is 2. The molecule has 1 aromatic heterocycles. The first-order valence-electron chi connectivity index (χ1n) is 15.0. The second kappa shape index (κ2) is 13.9. The number of anilines is 2. The normalized spacial score (nSPS) is 18.4. The first-order chi connectivity index (χ1) is 21.7. The topological polar surface area (TPSA) is 131 Å². The van der Waals surface area contributed by atoms with Crippen LogP contribution in [0.15, 0.2) is 47.4 Å². The van der Waals surface area contributed by atoms with Crippen molar-refractivity contribution in [2.24, 2.45) is 0 Å². The quantitative estimate of drug-likeness (QED) is 0.275. The number of halogens is 1. The van der Waals surface area contributed by atoms with Gasteiger partial charge in [-0.3, -0.25) is 4.72 Å². The van der Waals surface area contributed by atoms with Crippen molar-refractivity contribution < 1.29 is 36.8 Å². The van der Waals surface area contributed by atoms with Crippen LogP contribution in [0.2, 0.25) is 5.02 Å². The molecule has 14 heteroatoms. The van der Waals surface area contributed by atoms with Crippen molar-refractivity contribution >= 4 is 33.4 Å². The molecule has 2 saturated heterocycles. The lowest BCUT2D eigenvalue weighted by atomic mass is 9.87. The van der Waals surface area contributed by atoms with Crippen LogP contribution in [0, 0.1) is 0 Å². The van der Waals surface area contributed by atoms with Gasteiger partial charge in [0.05, 0.1) is 50.1 Å². The summed E-state index contributed by atoms with van der Waals surface area (Å²) in [6, 6.07) is 11.6. The maximum absolute atomic E-state index is 13.8. The van der Waals surface area contributed by atoms with Crippen molar-refractivity contribution in [2.45, 2.75) is 63.4 Å². The molecule has 0 saturated carbocycles. The molecule has 0 unspecified atom stereocenters. The number of rotatable bonds is 11. The molecule has 3 heterocycles. The molecule has 2 aliphatic rings. The lowest BCUT2D eigenvalue weighted by Crippen LogP contribution is -2.37. The maximum atomic E-state index is 13.8. The third-order valence-electron chi connectivity index (χ3n) is 7.44. The van der Waals surface area contributed by atoms with Gasteiger partial charge in [0.2, 0.25) is 5.95 Å². The number of morpholine rings is 1. The molecular formula is C32H41ClN4O8S. The largest absolute Gasteiger partial charge is 0.497 e. The van der Waals surface area contributed by atoms with Crippen LogP contribution >= 0.6 is 11.6 Å². The van der Waals surface area contributed by atoms with E-state index in [0.29, 0.717) is 50.3 Å². The lowest BCUT2D eigenvalue weighted by Gasteiger charge is -2.28. The van der Waals surface area contributed by atoms with Gasteiger partial charge < -0.3 is 33.3 Å². The Morgan fingerprint density at radius 1 is 1.09 bits per heavy atom. The molecule has 3 aromatic rings. The van der Waals surface area contributed by atoms with E-state index < -0.39 is 15.8 Å². The van der Waals surface area contributed by atoms with Crippen LogP contribution in [0.3, 0.4) is 0 Å². The number of benzene rings is 2. The first kappa shape index (κ1) is 34.1. The zero-order valence-electron chi connectivity index (χ0n) is 27.0. The molecule has 2 aromatic carbocycles. The fraction of sp³-hybridized carbons (Fsp3) is 0.500. The van der Waals surface area contributed by atoms with Crippen LogP contribution in [-0.4, -0.2) is 76.9 Å². The molecule has 46 heavy (non-hydrogen) atoms. The minimum Gasteiger partial charge on any atom is -0.497 e. The summed E-state index contributed by atoms with van der Waals surface area (Å²) >= 11 is 6.51. The molecular weight excluding hydrogens is 636 g/mol. The Balaban J connectivity index is 1.55. The molecule has 0 aliphatic carbocycles. The predicted molar refractivity (Wildman–Crippen MR) is 174 cm³/mol. The Morgan fingerprint density at radius 3 is 2.43 bits per heavy atom.